The van der Waals surface area contributed by atoms with Crippen molar-refractivity contribution >= 4 is 17.9 Å². The summed E-state index contributed by atoms with van der Waals surface area (Å²) in [6.07, 6.45) is -0.880. The lowest BCUT2D eigenvalue weighted by atomic mass is 10.2. The Morgan fingerprint density at radius 3 is 2.58 bits per heavy atom. The molecule has 8 nitrogen and oxygen atoms in total. The van der Waals surface area contributed by atoms with Gasteiger partial charge in [-0.3, -0.25) is 14.9 Å². The number of nitrogens with zero attached hydrogens (tertiary/aromatic N) is 1. The molecule has 0 unspecified atom stereocenters. The summed E-state index contributed by atoms with van der Waals surface area (Å²) in [7, 11) is 1.23. The first kappa shape index (κ1) is 14.4. The minimum atomic E-state index is -1.30. The van der Waals surface area contributed by atoms with Gasteiger partial charge >= 0.3 is 11.7 Å². The van der Waals surface area contributed by atoms with Crippen LogP contribution < -0.4 is 9.47 Å². The summed E-state index contributed by atoms with van der Waals surface area (Å²) in [5.74, 6) is -1.69. The van der Waals surface area contributed by atoms with Crippen LogP contribution in [0.3, 0.4) is 0 Å². The van der Waals surface area contributed by atoms with Crippen LogP contribution in [0.5, 0.6) is 11.5 Å². The lowest BCUT2D eigenvalue weighted by Crippen LogP contribution is -2.23. The number of rotatable bonds is 6. The monoisotopic (exact) mass is 269 g/mol. The third-order valence-electron chi connectivity index (χ3n) is 2.25. The van der Waals surface area contributed by atoms with Gasteiger partial charge in [0.25, 0.3) is 0 Å². The van der Waals surface area contributed by atoms with Gasteiger partial charge in [0.2, 0.25) is 5.75 Å². The Hall–Kier alpha value is -2.64. The SMILES string of the molecule is COc1cc(C=O)cc([N+](=O)[O-])c1O[C@H](C)C(=O)O. The van der Waals surface area contributed by atoms with Crippen molar-refractivity contribution in [3.8, 4) is 11.5 Å². The maximum Gasteiger partial charge on any atom is 0.344 e. The highest BCUT2D eigenvalue weighted by atomic mass is 16.6. The minimum absolute atomic E-state index is 0.0267. The number of methoxy groups -OCH3 is 1. The van der Waals surface area contributed by atoms with E-state index in [9.17, 15) is 19.7 Å². The van der Waals surface area contributed by atoms with E-state index in [2.05, 4.69) is 0 Å². The molecule has 0 saturated carbocycles. The molecule has 0 aromatic heterocycles. The molecule has 0 aliphatic heterocycles. The van der Waals surface area contributed by atoms with E-state index in [1.165, 1.54) is 20.1 Å². The molecule has 0 aliphatic carbocycles. The van der Waals surface area contributed by atoms with Crippen LogP contribution in [0.15, 0.2) is 12.1 Å². The minimum Gasteiger partial charge on any atom is -0.493 e. The van der Waals surface area contributed by atoms with Gasteiger partial charge in [-0.1, -0.05) is 0 Å². The molecule has 0 bridgehead atoms. The Balaban J connectivity index is 3.37. The van der Waals surface area contributed by atoms with E-state index >= 15 is 0 Å². The van der Waals surface area contributed by atoms with Crippen LogP contribution in [-0.4, -0.2) is 35.5 Å². The molecular formula is C11H11NO7. The van der Waals surface area contributed by atoms with Crippen molar-refractivity contribution in [1.82, 2.24) is 0 Å². The van der Waals surface area contributed by atoms with Crippen LogP contribution in [-0.2, 0) is 4.79 Å². The molecular weight excluding hydrogens is 258 g/mol. The fourth-order valence-electron chi connectivity index (χ4n) is 1.31. The van der Waals surface area contributed by atoms with Gasteiger partial charge in [-0.05, 0) is 13.0 Å². The molecule has 1 aromatic carbocycles. The van der Waals surface area contributed by atoms with Crippen molar-refractivity contribution in [2.45, 2.75) is 13.0 Å². The number of carboxylic acid groups (broad SMARTS) is 1. The highest BCUT2D eigenvalue weighted by Crippen LogP contribution is 2.38. The number of nitro benzene ring substituents is 1. The normalized spacial score (nSPS) is 11.5. The number of carbonyl (C=O) groups is 2. The Labute approximate surface area is 107 Å². The van der Waals surface area contributed by atoms with Crippen LogP contribution >= 0.6 is 0 Å². The van der Waals surface area contributed by atoms with Gasteiger partial charge in [-0.25, -0.2) is 4.79 Å². The van der Waals surface area contributed by atoms with Crippen molar-refractivity contribution in [3.63, 3.8) is 0 Å². The highest BCUT2D eigenvalue weighted by molar-refractivity contribution is 5.80. The summed E-state index contributed by atoms with van der Waals surface area (Å²) in [5, 5.41) is 19.7. The van der Waals surface area contributed by atoms with Crippen LogP contribution in [0.1, 0.15) is 17.3 Å². The van der Waals surface area contributed by atoms with E-state index in [1.54, 1.807) is 0 Å². The second-order valence-electron chi connectivity index (χ2n) is 3.54. The maximum absolute atomic E-state index is 10.9. The van der Waals surface area contributed by atoms with E-state index in [0.29, 0.717) is 6.29 Å². The molecule has 0 amide bonds. The van der Waals surface area contributed by atoms with Crippen LogP contribution in [0.25, 0.3) is 0 Å². The second-order valence-corrected chi connectivity index (χ2v) is 3.54. The van der Waals surface area contributed by atoms with E-state index in [1.807, 2.05) is 0 Å². The highest BCUT2D eigenvalue weighted by Gasteiger charge is 2.26. The number of aldehydes is 1. The standard InChI is InChI=1S/C11H11NO7/c1-6(11(14)15)19-10-8(12(16)17)3-7(5-13)4-9(10)18-2/h3-6H,1-2H3,(H,14,15)/t6-/m1/s1. The third-order valence-corrected chi connectivity index (χ3v) is 2.25. The maximum atomic E-state index is 10.9. The summed E-state index contributed by atoms with van der Waals surface area (Å²) in [6, 6.07) is 2.21. The second kappa shape index (κ2) is 5.80. The zero-order valence-corrected chi connectivity index (χ0v) is 10.2. The molecule has 1 rings (SSSR count). The van der Waals surface area contributed by atoms with Gasteiger partial charge in [-0.15, -0.1) is 0 Å². The van der Waals surface area contributed by atoms with Gasteiger partial charge in [-0.2, -0.15) is 0 Å². The van der Waals surface area contributed by atoms with Crippen molar-refractivity contribution in [2.24, 2.45) is 0 Å². The summed E-state index contributed by atoms with van der Waals surface area (Å²) in [4.78, 5) is 31.5. The zero-order chi connectivity index (χ0) is 14.6. The number of nitro groups is 1. The zero-order valence-electron chi connectivity index (χ0n) is 10.2. The Morgan fingerprint density at radius 1 is 1.53 bits per heavy atom. The fraction of sp³-hybridized carbons (Fsp3) is 0.273. The van der Waals surface area contributed by atoms with Gasteiger partial charge in [0.1, 0.15) is 6.29 Å². The molecule has 0 saturated heterocycles. The Kier molecular flexibility index (Phi) is 4.41. The molecule has 0 fully saturated rings. The molecule has 0 spiro atoms. The molecule has 19 heavy (non-hydrogen) atoms. The number of hydrogen-bond acceptors (Lipinski definition) is 6. The van der Waals surface area contributed by atoms with Gasteiger partial charge < -0.3 is 14.6 Å². The largest absolute Gasteiger partial charge is 0.493 e. The Bertz CT molecular complexity index is 526. The molecule has 1 N–H and O–H groups in total. The van der Waals surface area contributed by atoms with Crippen LogP contribution in [0.4, 0.5) is 5.69 Å². The number of benzene rings is 1. The lowest BCUT2D eigenvalue weighted by Gasteiger charge is -2.14. The average molecular weight is 269 g/mol. The Morgan fingerprint density at radius 2 is 2.16 bits per heavy atom. The summed E-state index contributed by atoms with van der Waals surface area (Å²) in [5.41, 5.74) is -0.506. The summed E-state index contributed by atoms with van der Waals surface area (Å²) in [6.45, 7) is 1.22. The molecule has 1 atom stereocenters. The number of hydrogen-bond donors (Lipinski definition) is 1. The number of carboxylic acids is 1. The van der Waals surface area contributed by atoms with E-state index < -0.39 is 22.7 Å². The lowest BCUT2D eigenvalue weighted by molar-refractivity contribution is -0.386. The number of aliphatic carboxylic acids is 1. The van der Waals surface area contributed by atoms with Crippen molar-refractivity contribution in [2.75, 3.05) is 7.11 Å². The van der Waals surface area contributed by atoms with Crippen molar-refractivity contribution < 1.29 is 29.1 Å². The molecule has 0 aliphatic rings. The van der Waals surface area contributed by atoms with Crippen LogP contribution in [0.2, 0.25) is 0 Å². The fourth-order valence-corrected chi connectivity index (χ4v) is 1.31. The van der Waals surface area contributed by atoms with E-state index in [4.69, 9.17) is 14.6 Å². The topological polar surface area (TPSA) is 116 Å². The summed E-state index contributed by atoms with van der Waals surface area (Å²) < 4.78 is 9.89. The summed E-state index contributed by atoms with van der Waals surface area (Å²) >= 11 is 0. The van der Waals surface area contributed by atoms with E-state index in [0.717, 1.165) is 6.07 Å². The van der Waals surface area contributed by atoms with Crippen molar-refractivity contribution in [1.29, 1.82) is 0 Å². The molecule has 1 aromatic rings. The van der Waals surface area contributed by atoms with E-state index in [-0.39, 0.29) is 17.1 Å². The van der Waals surface area contributed by atoms with Crippen LogP contribution in [0, 0.1) is 10.1 Å². The first-order valence-electron chi connectivity index (χ1n) is 5.11. The molecule has 0 radical (unpaired) electrons. The van der Waals surface area contributed by atoms with Gasteiger partial charge in [0.05, 0.1) is 12.0 Å². The first-order chi connectivity index (χ1) is 8.90. The van der Waals surface area contributed by atoms with Gasteiger partial charge in [0, 0.05) is 11.6 Å². The smallest absolute Gasteiger partial charge is 0.344 e. The predicted octanol–water partition coefficient (Wildman–Crippen LogP) is 1.27. The number of carbonyl (C=O) groups excluding carboxylic acids is 1. The predicted molar refractivity (Wildman–Crippen MR) is 62.8 cm³/mol. The quantitative estimate of drug-likeness (QED) is 0.469. The molecule has 8 heteroatoms. The van der Waals surface area contributed by atoms with Gasteiger partial charge in [0.15, 0.2) is 11.9 Å². The molecule has 102 valence electrons. The first-order valence-corrected chi connectivity index (χ1v) is 5.11. The number of ether oxygens (including phenoxy) is 2. The third kappa shape index (κ3) is 3.18. The van der Waals surface area contributed by atoms with Crippen molar-refractivity contribution in [3.05, 3.63) is 27.8 Å². The molecule has 0 heterocycles. The average Bonchev–Trinajstić information content (AvgIpc) is 2.38.